The second-order valence-electron chi connectivity index (χ2n) is 3.47. The average molecular weight is 211 g/mol. The Hall–Kier alpha value is -1.42. The molecule has 0 saturated carbocycles. The summed E-state index contributed by atoms with van der Waals surface area (Å²) in [6, 6.07) is 3.85. The summed E-state index contributed by atoms with van der Waals surface area (Å²) < 4.78 is 17.5. The van der Waals surface area contributed by atoms with E-state index in [-0.39, 0.29) is 12.2 Å². The molecule has 0 bridgehead atoms. The maximum absolute atomic E-state index is 13.0. The molecule has 0 unspecified atom stereocenters. The van der Waals surface area contributed by atoms with E-state index in [9.17, 15) is 9.18 Å². The molecule has 4 heteroatoms. The lowest BCUT2D eigenvalue weighted by Gasteiger charge is -2.09. The van der Waals surface area contributed by atoms with Crippen LogP contribution >= 0.6 is 0 Å². The lowest BCUT2D eigenvalue weighted by Crippen LogP contribution is -2.33. The Balaban J connectivity index is 2.76. The number of halogens is 1. The molecule has 0 fully saturated rings. The van der Waals surface area contributed by atoms with E-state index >= 15 is 0 Å². The van der Waals surface area contributed by atoms with Crippen LogP contribution in [0.4, 0.5) is 4.39 Å². The van der Waals surface area contributed by atoms with E-state index in [4.69, 9.17) is 5.73 Å². The minimum absolute atomic E-state index is 0.283. The van der Waals surface area contributed by atoms with Crippen LogP contribution in [0.15, 0.2) is 18.2 Å². The molecule has 82 valence electrons. The molecule has 0 aliphatic rings. The highest BCUT2D eigenvalue weighted by Gasteiger charge is 2.14. The normalized spacial score (nSPS) is 12.3. The Morgan fingerprint density at radius 2 is 2.20 bits per heavy atom. The molecule has 1 atom stereocenters. The maximum atomic E-state index is 13.0. The van der Waals surface area contributed by atoms with Gasteiger partial charge in [0.2, 0.25) is 0 Å². The van der Waals surface area contributed by atoms with E-state index in [2.05, 4.69) is 4.74 Å². The fraction of sp³-hybridized carbons (Fsp3) is 0.364. The number of hydrogen-bond acceptors (Lipinski definition) is 3. The molecule has 0 aliphatic heterocycles. The van der Waals surface area contributed by atoms with Gasteiger partial charge < -0.3 is 10.5 Å². The van der Waals surface area contributed by atoms with Gasteiger partial charge in [-0.2, -0.15) is 0 Å². The molecule has 0 amide bonds. The SMILES string of the molecule is COC(=O)[C@@H](N)Cc1cc(C)cc(F)c1. The zero-order chi connectivity index (χ0) is 11.4. The lowest BCUT2D eigenvalue weighted by atomic mass is 10.0. The highest BCUT2D eigenvalue weighted by atomic mass is 19.1. The first kappa shape index (κ1) is 11.7. The number of rotatable bonds is 3. The van der Waals surface area contributed by atoms with Crippen LogP contribution in [-0.4, -0.2) is 19.1 Å². The van der Waals surface area contributed by atoms with Crippen LogP contribution in [0, 0.1) is 12.7 Å². The number of aryl methyl sites for hydroxylation is 1. The molecular weight excluding hydrogens is 197 g/mol. The van der Waals surface area contributed by atoms with Crippen molar-refractivity contribution in [2.45, 2.75) is 19.4 Å². The third kappa shape index (κ3) is 3.32. The number of ether oxygens (including phenoxy) is 1. The topological polar surface area (TPSA) is 52.3 Å². The average Bonchev–Trinajstić information content (AvgIpc) is 2.14. The molecule has 0 saturated heterocycles. The van der Waals surface area contributed by atoms with Crippen LogP contribution in [-0.2, 0) is 16.0 Å². The van der Waals surface area contributed by atoms with E-state index in [1.54, 1.807) is 13.0 Å². The number of nitrogens with two attached hydrogens (primary N) is 1. The fourth-order valence-corrected chi connectivity index (χ4v) is 1.42. The molecule has 0 aliphatic carbocycles. The number of benzene rings is 1. The zero-order valence-electron chi connectivity index (χ0n) is 8.79. The Bertz CT molecular complexity index is 345. The van der Waals surface area contributed by atoms with Crippen LogP contribution in [0.25, 0.3) is 0 Å². The molecule has 0 heterocycles. The molecule has 2 N–H and O–H groups in total. The second-order valence-corrected chi connectivity index (χ2v) is 3.47. The van der Waals surface area contributed by atoms with Crippen LogP contribution in [0.5, 0.6) is 0 Å². The monoisotopic (exact) mass is 211 g/mol. The van der Waals surface area contributed by atoms with E-state index in [0.29, 0.717) is 5.56 Å². The summed E-state index contributed by atoms with van der Waals surface area (Å²) in [6.07, 6.45) is 0.283. The van der Waals surface area contributed by atoms with Gasteiger partial charge in [0.1, 0.15) is 11.9 Å². The quantitative estimate of drug-likeness (QED) is 0.764. The number of carbonyl (C=O) groups is 1. The summed E-state index contributed by atoms with van der Waals surface area (Å²) in [5.74, 6) is -0.806. The van der Waals surface area contributed by atoms with Crippen LogP contribution < -0.4 is 5.73 Å². The highest BCUT2D eigenvalue weighted by molar-refractivity contribution is 5.75. The number of esters is 1. The molecule has 1 aromatic carbocycles. The molecule has 3 nitrogen and oxygen atoms in total. The van der Waals surface area contributed by atoms with Crippen LogP contribution in [0.3, 0.4) is 0 Å². The molecule has 0 spiro atoms. The zero-order valence-corrected chi connectivity index (χ0v) is 8.79. The van der Waals surface area contributed by atoms with Crippen molar-refractivity contribution >= 4 is 5.97 Å². The summed E-state index contributed by atoms with van der Waals surface area (Å²) in [5, 5.41) is 0. The minimum Gasteiger partial charge on any atom is -0.468 e. The van der Waals surface area contributed by atoms with Gasteiger partial charge in [-0.3, -0.25) is 4.79 Å². The van der Waals surface area contributed by atoms with Crippen LogP contribution in [0.2, 0.25) is 0 Å². The molecule has 0 radical (unpaired) electrons. The van der Waals surface area contributed by atoms with Crippen molar-refractivity contribution in [3.63, 3.8) is 0 Å². The summed E-state index contributed by atoms with van der Waals surface area (Å²) in [7, 11) is 1.28. The van der Waals surface area contributed by atoms with Gasteiger partial charge in [0.25, 0.3) is 0 Å². The van der Waals surface area contributed by atoms with E-state index < -0.39 is 12.0 Å². The molecule has 1 aromatic rings. The predicted octanol–water partition coefficient (Wildman–Crippen LogP) is 1.18. The first-order valence-corrected chi connectivity index (χ1v) is 4.62. The Labute approximate surface area is 88.0 Å². The number of hydrogen-bond donors (Lipinski definition) is 1. The Morgan fingerprint density at radius 1 is 1.53 bits per heavy atom. The van der Waals surface area contributed by atoms with Gasteiger partial charge in [-0.25, -0.2) is 4.39 Å². The minimum atomic E-state index is -0.740. The van der Waals surface area contributed by atoms with Gasteiger partial charge in [-0.05, 0) is 36.6 Å². The van der Waals surface area contributed by atoms with Gasteiger partial charge in [0.05, 0.1) is 7.11 Å². The number of methoxy groups -OCH3 is 1. The first-order chi connectivity index (χ1) is 7.02. The maximum Gasteiger partial charge on any atom is 0.322 e. The van der Waals surface area contributed by atoms with Gasteiger partial charge in [0, 0.05) is 0 Å². The smallest absolute Gasteiger partial charge is 0.322 e. The standard InChI is InChI=1S/C11H14FNO2/c1-7-3-8(5-9(12)4-7)6-10(13)11(14)15-2/h3-5,10H,6,13H2,1-2H3/t10-/m0/s1. The highest BCUT2D eigenvalue weighted by Crippen LogP contribution is 2.10. The van der Waals surface area contributed by atoms with E-state index in [1.165, 1.54) is 19.2 Å². The third-order valence-corrected chi connectivity index (χ3v) is 2.06. The predicted molar refractivity (Wildman–Crippen MR) is 54.8 cm³/mol. The molecule has 0 aromatic heterocycles. The van der Waals surface area contributed by atoms with Gasteiger partial charge >= 0.3 is 5.97 Å². The molecule has 1 rings (SSSR count). The first-order valence-electron chi connectivity index (χ1n) is 4.62. The summed E-state index contributed by atoms with van der Waals surface area (Å²) >= 11 is 0. The summed E-state index contributed by atoms with van der Waals surface area (Å²) in [5.41, 5.74) is 7.07. The fourth-order valence-electron chi connectivity index (χ4n) is 1.42. The van der Waals surface area contributed by atoms with Crippen molar-refractivity contribution in [1.82, 2.24) is 0 Å². The van der Waals surface area contributed by atoms with Crippen molar-refractivity contribution in [3.05, 3.63) is 35.1 Å². The summed E-state index contributed by atoms with van der Waals surface area (Å²) in [6.45, 7) is 1.79. The van der Waals surface area contributed by atoms with E-state index in [0.717, 1.165) is 5.56 Å². The van der Waals surface area contributed by atoms with E-state index in [1.807, 2.05) is 0 Å². The Kier molecular flexibility index (Phi) is 3.80. The number of carbonyl (C=O) groups excluding carboxylic acids is 1. The second kappa shape index (κ2) is 4.89. The van der Waals surface area contributed by atoms with Gasteiger partial charge in [-0.15, -0.1) is 0 Å². The van der Waals surface area contributed by atoms with Crippen molar-refractivity contribution in [2.24, 2.45) is 5.73 Å². The van der Waals surface area contributed by atoms with Crippen molar-refractivity contribution in [2.75, 3.05) is 7.11 Å². The van der Waals surface area contributed by atoms with Crippen LogP contribution in [0.1, 0.15) is 11.1 Å². The van der Waals surface area contributed by atoms with Crippen molar-refractivity contribution in [3.8, 4) is 0 Å². The third-order valence-electron chi connectivity index (χ3n) is 2.06. The largest absolute Gasteiger partial charge is 0.468 e. The lowest BCUT2D eigenvalue weighted by molar-refractivity contribution is -0.142. The Morgan fingerprint density at radius 3 is 2.73 bits per heavy atom. The van der Waals surface area contributed by atoms with Gasteiger partial charge in [0.15, 0.2) is 0 Å². The molecule has 15 heavy (non-hydrogen) atoms. The van der Waals surface area contributed by atoms with Crippen molar-refractivity contribution < 1.29 is 13.9 Å². The molecular formula is C11H14FNO2. The van der Waals surface area contributed by atoms with Gasteiger partial charge in [-0.1, -0.05) is 6.07 Å². The van der Waals surface area contributed by atoms with Crippen molar-refractivity contribution in [1.29, 1.82) is 0 Å². The summed E-state index contributed by atoms with van der Waals surface area (Å²) in [4.78, 5) is 11.0.